The Kier molecular flexibility index (Phi) is 5.97. The normalized spacial score (nSPS) is 16.6. The van der Waals surface area contributed by atoms with Crippen molar-refractivity contribution < 1.29 is 27.5 Å². The lowest BCUT2D eigenvalue weighted by Gasteiger charge is -2.18. The molecule has 3 rings (SSSR count). The summed E-state index contributed by atoms with van der Waals surface area (Å²) < 4.78 is 40.7. The summed E-state index contributed by atoms with van der Waals surface area (Å²) in [5, 5.41) is 0. The smallest absolute Gasteiger partial charge is 0.382 e. The number of rotatable bonds is 4. The van der Waals surface area contributed by atoms with E-state index >= 15 is 0 Å². The van der Waals surface area contributed by atoms with Crippen LogP contribution >= 0.6 is 0 Å². The summed E-state index contributed by atoms with van der Waals surface area (Å²) in [6, 6.07) is 8.64. The predicted molar refractivity (Wildman–Crippen MR) is 103 cm³/mol. The number of halogens is 3. The highest BCUT2D eigenvalue weighted by atomic mass is 19.4. The van der Waals surface area contributed by atoms with Crippen molar-refractivity contribution in [2.45, 2.75) is 32.0 Å². The number of esters is 2. The highest BCUT2D eigenvalue weighted by molar-refractivity contribution is 5.98. The van der Waals surface area contributed by atoms with Crippen molar-refractivity contribution in [3.05, 3.63) is 51.8 Å². The van der Waals surface area contributed by atoms with E-state index in [-0.39, 0.29) is 6.04 Å². The number of pyridine rings is 1. The molecular formula is C20H20F3N3O4. The van der Waals surface area contributed by atoms with E-state index in [0.29, 0.717) is 23.2 Å². The number of nitrogens with two attached hydrogens (primary N) is 1. The zero-order valence-electron chi connectivity index (χ0n) is 16.1. The van der Waals surface area contributed by atoms with Gasteiger partial charge in [-0.25, -0.2) is 9.59 Å². The Morgan fingerprint density at radius 1 is 1.27 bits per heavy atom. The van der Waals surface area contributed by atoms with Crippen LogP contribution in [-0.2, 0) is 16.0 Å². The highest BCUT2D eigenvalue weighted by Crippen LogP contribution is 2.26. The van der Waals surface area contributed by atoms with Crippen molar-refractivity contribution >= 4 is 17.6 Å². The summed E-state index contributed by atoms with van der Waals surface area (Å²) in [6.45, 7) is 3.36. The molecule has 0 spiro atoms. The number of ether oxygens (including phenoxy) is 1. The average Bonchev–Trinajstić information content (AvgIpc) is 3.13. The van der Waals surface area contributed by atoms with Crippen molar-refractivity contribution in [1.29, 1.82) is 0 Å². The quantitative estimate of drug-likeness (QED) is 0.578. The first-order chi connectivity index (χ1) is 14.1. The second-order valence-electron chi connectivity index (χ2n) is 6.98. The molecule has 2 aromatic rings. The summed E-state index contributed by atoms with van der Waals surface area (Å²) >= 11 is 0. The summed E-state index contributed by atoms with van der Waals surface area (Å²) in [5.74, 6) is -4.33. The number of aromatic nitrogens is 1. The van der Waals surface area contributed by atoms with Crippen LogP contribution in [0.5, 0.6) is 0 Å². The van der Waals surface area contributed by atoms with Gasteiger partial charge in [-0.3, -0.25) is 4.79 Å². The van der Waals surface area contributed by atoms with Crippen molar-refractivity contribution in [2.24, 2.45) is 5.73 Å². The number of nitrogens with zero attached hydrogens (tertiary/aromatic N) is 1. The maximum absolute atomic E-state index is 12.3. The van der Waals surface area contributed by atoms with Gasteiger partial charge < -0.3 is 20.4 Å². The average molecular weight is 423 g/mol. The number of aryl methyl sites for hydroxylation is 1. The molecular weight excluding hydrogens is 403 g/mol. The fraction of sp³-hybridized carbons (Fsp3) is 0.350. The molecule has 1 aliphatic heterocycles. The third kappa shape index (κ3) is 4.54. The Morgan fingerprint density at radius 2 is 1.93 bits per heavy atom. The molecule has 1 aliphatic rings. The number of carbonyl (C=O) groups excluding carboxylic acids is 2. The minimum absolute atomic E-state index is 0.129. The van der Waals surface area contributed by atoms with E-state index in [4.69, 9.17) is 5.73 Å². The molecule has 30 heavy (non-hydrogen) atoms. The van der Waals surface area contributed by atoms with Crippen LogP contribution in [-0.4, -0.2) is 42.2 Å². The van der Waals surface area contributed by atoms with Gasteiger partial charge in [0, 0.05) is 24.8 Å². The van der Waals surface area contributed by atoms with Crippen LogP contribution in [0, 0.1) is 0 Å². The number of hydrogen-bond acceptors (Lipinski definition) is 6. The molecule has 0 radical (unpaired) electrons. The van der Waals surface area contributed by atoms with Gasteiger partial charge in [-0.2, -0.15) is 13.2 Å². The van der Waals surface area contributed by atoms with E-state index in [9.17, 15) is 27.6 Å². The number of nitrogens with one attached hydrogen (secondary N) is 1. The van der Waals surface area contributed by atoms with E-state index in [0.717, 1.165) is 31.3 Å². The Hall–Kier alpha value is -3.14. The molecule has 1 saturated heterocycles. The number of benzene rings is 1. The van der Waals surface area contributed by atoms with Crippen molar-refractivity contribution in [3.8, 4) is 11.3 Å². The molecule has 3 N–H and O–H groups in total. The number of hydrogen-bond donors (Lipinski definition) is 2. The molecule has 1 atom stereocenters. The molecule has 160 valence electrons. The van der Waals surface area contributed by atoms with Crippen LogP contribution in [0.25, 0.3) is 11.3 Å². The lowest BCUT2D eigenvalue weighted by molar-refractivity contribution is -0.193. The van der Waals surface area contributed by atoms with Crippen LogP contribution in [0.2, 0.25) is 0 Å². The van der Waals surface area contributed by atoms with Crippen molar-refractivity contribution in [2.75, 3.05) is 18.0 Å². The zero-order valence-corrected chi connectivity index (χ0v) is 16.1. The molecule has 7 nitrogen and oxygen atoms in total. The fourth-order valence-electron chi connectivity index (χ4n) is 3.32. The molecule has 2 heterocycles. The second-order valence-corrected chi connectivity index (χ2v) is 6.98. The third-order valence-corrected chi connectivity index (χ3v) is 4.89. The van der Waals surface area contributed by atoms with E-state index in [1.54, 1.807) is 19.1 Å². The molecule has 0 aliphatic carbocycles. The number of aromatic amines is 1. The van der Waals surface area contributed by atoms with E-state index in [1.807, 2.05) is 12.1 Å². The number of carbonyl (C=O) groups is 2. The van der Waals surface area contributed by atoms with Gasteiger partial charge in [0.15, 0.2) is 0 Å². The van der Waals surface area contributed by atoms with Crippen LogP contribution in [0.3, 0.4) is 0 Å². The van der Waals surface area contributed by atoms with Gasteiger partial charge in [-0.05, 0) is 42.2 Å². The molecule has 1 aromatic carbocycles. The second kappa shape index (κ2) is 8.31. The lowest BCUT2D eigenvalue weighted by atomic mass is 10.0. The predicted octanol–water partition coefficient (Wildman–Crippen LogP) is 2.39. The molecule has 1 aromatic heterocycles. The van der Waals surface area contributed by atoms with E-state index in [2.05, 4.69) is 14.6 Å². The standard InChI is InChI=1S/C20H20F3N3O4/c1-2-11-9-15(18(28)30-19(29)20(21,22)23)17(27)25-16(11)12-3-5-14(6-4-12)26-8-7-13(24)10-26/h3-6,9,13H,2,7-8,10,24H2,1H3,(H,25,27). The highest BCUT2D eigenvalue weighted by Gasteiger charge is 2.43. The molecule has 0 saturated carbocycles. The lowest BCUT2D eigenvalue weighted by Crippen LogP contribution is -2.30. The molecule has 1 fully saturated rings. The molecule has 1 unspecified atom stereocenters. The summed E-state index contributed by atoms with van der Waals surface area (Å²) in [5.41, 5.74) is 6.91. The van der Waals surface area contributed by atoms with Crippen LogP contribution in [0.15, 0.2) is 35.1 Å². The maximum Gasteiger partial charge on any atom is 0.491 e. The van der Waals surface area contributed by atoms with Gasteiger partial charge in [-0.1, -0.05) is 19.1 Å². The van der Waals surface area contributed by atoms with Crippen molar-refractivity contribution in [3.63, 3.8) is 0 Å². The SMILES string of the molecule is CCc1cc(C(=O)OC(=O)C(F)(F)F)c(=O)[nH]c1-c1ccc(N2CCC(N)C2)cc1. The molecule has 0 amide bonds. The Bertz CT molecular complexity index is 1020. The maximum atomic E-state index is 12.3. The number of anilines is 1. The summed E-state index contributed by atoms with van der Waals surface area (Å²) in [6.07, 6.45) is -4.05. The van der Waals surface area contributed by atoms with Crippen LogP contribution < -0.4 is 16.2 Å². The van der Waals surface area contributed by atoms with Crippen LogP contribution in [0.1, 0.15) is 29.3 Å². The minimum atomic E-state index is -5.34. The van der Waals surface area contributed by atoms with E-state index < -0.39 is 29.2 Å². The monoisotopic (exact) mass is 423 g/mol. The van der Waals surface area contributed by atoms with Crippen molar-refractivity contribution in [1.82, 2.24) is 4.98 Å². The van der Waals surface area contributed by atoms with E-state index in [1.165, 1.54) is 0 Å². The van der Waals surface area contributed by atoms with Gasteiger partial charge in [0.1, 0.15) is 5.56 Å². The fourth-order valence-corrected chi connectivity index (χ4v) is 3.32. The van der Waals surface area contributed by atoms with Gasteiger partial charge >= 0.3 is 18.1 Å². The Labute approximate surface area is 169 Å². The number of H-pyrrole nitrogens is 1. The van der Waals surface area contributed by atoms with Gasteiger partial charge in [0.25, 0.3) is 5.56 Å². The first kappa shape index (κ1) is 21.6. The van der Waals surface area contributed by atoms with Gasteiger partial charge in [-0.15, -0.1) is 0 Å². The number of alkyl halides is 3. The largest absolute Gasteiger partial charge is 0.491 e. The summed E-state index contributed by atoms with van der Waals surface area (Å²) in [4.78, 5) is 39.7. The molecule has 0 bridgehead atoms. The first-order valence-electron chi connectivity index (χ1n) is 9.30. The molecule has 10 heteroatoms. The minimum Gasteiger partial charge on any atom is -0.382 e. The zero-order chi connectivity index (χ0) is 22.1. The first-order valence-corrected chi connectivity index (χ1v) is 9.30. The Balaban J connectivity index is 1.88. The Morgan fingerprint density at radius 3 is 2.47 bits per heavy atom. The van der Waals surface area contributed by atoms with Crippen LogP contribution in [0.4, 0.5) is 18.9 Å². The van der Waals surface area contributed by atoms with Gasteiger partial charge in [0.2, 0.25) is 0 Å². The summed E-state index contributed by atoms with van der Waals surface area (Å²) in [7, 11) is 0. The third-order valence-electron chi connectivity index (χ3n) is 4.89. The topological polar surface area (TPSA) is 105 Å². The van der Waals surface area contributed by atoms with Gasteiger partial charge in [0.05, 0.1) is 5.69 Å².